The van der Waals surface area contributed by atoms with Gasteiger partial charge in [0.05, 0.1) is 6.61 Å². The topological polar surface area (TPSA) is 129 Å². The Kier molecular flexibility index (Phi) is 7.39. The zero-order valence-electron chi connectivity index (χ0n) is 19.0. The van der Waals surface area contributed by atoms with Gasteiger partial charge in [-0.2, -0.15) is 0 Å². The largest absolute Gasteiger partial charge is 0.395 e. The number of nitrogens with one attached hydrogen (secondary N) is 3. The van der Waals surface area contributed by atoms with Gasteiger partial charge in [0.2, 0.25) is 5.91 Å². The number of urea groups is 1. The van der Waals surface area contributed by atoms with E-state index in [4.69, 9.17) is 10.8 Å². The van der Waals surface area contributed by atoms with Crippen LogP contribution in [-0.2, 0) is 4.79 Å². The number of aliphatic hydroxyl groups is 1. The predicted octanol–water partition coefficient (Wildman–Crippen LogP) is 4.62. The van der Waals surface area contributed by atoms with Crippen molar-refractivity contribution >= 4 is 56.6 Å². The van der Waals surface area contributed by atoms with Gasteiger partial charge in [-0.1, -0.05) is 24.3 Å². The number of benzene rings is 2. The van der Waals surface area contributed by atoms with Crippen LogP contribution < -0.4 is 21.7 Å². The van der Waals surface area contributed by atoms with Gasteiger partial charge in [-0.15, -0.1) is 11.3 Å². The molecule has 9 heteroatoms. The Bertz CT molecular complexity index is 1400. The number of nitrogen functional groups attached to an aromatic ring is 1. The average molecular weight is 488 g/mol. The molecule has 178 valence electrons. The van der Waals surface area contributed by atoms with E-state index in [1.807, 2.05) is 60.8 Å². The molecule has 6 N–H and O–H groups in total. The Morgan fingerprint density at radius 1 is 1.11 bits per heavy atom. The number of rotatable bonds is 7. The molecule has 0 unspecified atom stereocenters. The van der Waals surface area contributed by atoms with Crippen LogP contribution >= 0.6 is 11.3 Å². The number of aromatic nitrogens is 1. The summed E-state index contributed by atoms with van der Waals surface area (Å²) in [5.74, 6) is 0.105. The van der Waals surface area contributed by atoms with Crippen LogP contribution in [0, 0.1) is 6.92 Å². The van der Waals surface area contributed by atoms with E-state index >= 15 is 0 Å². The lowest BCUT2D eigenvalue weighted by Gasteiger charge is -2.09. The Morgan fingerprint density at radius 2 is 1.89 bits per heavy atom. The van der Waals surface area contributed by atoms with E-state index in [1.165, 1.54) is 17.4 Å². The Balaban J connectivity index is 1.52. The summed E-state index contributed by atoms with van der Waals surface area (Å²) in [6.45, 7) is 2.04. The number of hydrogen-bond donors (Lipinski definition) is 5. The minimum Gasteiger partial charge on any atom is -0.395 e. The fraction of sp³-hybridized carbons (Fsp3) is 0.115. The molecule has 2 aromatic carbocycles. The molecule has 0 radical (unpaired) electrons. The molecule has 2 aromatic heterocycles. The highest BCUT2D eigenvalue weighted by Crippen LogP contribution is 2.39. The summed E-state index contributed by atoms with van der Waals surface area (Å²) in [6, 6.07) is 14.7. The predicted molar refractivity (Wildman–Crippen MR) is 142 cm³/mol. The summed E-state index contributed by atoms with van der Waals surface area (Å²) in [5, 5.41) is 19.9. The third-order valence-corrected chi connectivity index (χ3v) is 6.24. The number of carbonyl (C=O) groups is 2. The summed E-state index contributed by atoms with van der Waals surface area (Å²) in [6.07, 6.45) is 4.72. The van der Waals surface area contributed by atoms with Crippen molar-refractivity contribution in [3.05, 3.63) is 77.3 Å². The number of pyridine rings is 1. The van der Waals surface area contributed by atoms with Crippen molar-refractivity contribution in [1.82, 2.24) is 10.3 Å². The number of thiophene rings is 1. The number of nitrogens with two attached hydrogens (primary N) is 1. The molecule has 0 saturated carbocycles. The highest BCUT2D eigenvalue weighted by Gasteiger charge is 2.13. The van der Waals surface area contributed by atoms with E-state index < -0.39 is 0 Å². The van der Waals surface area contributed by atoms with Gasteiger partial charge in [0.1, 0.15) is 5.82 Å². The van der Waals surface area contributed by atoms with Crippen LogP contribution in [0.1, 0.15) is 11.1 Å². The van der Waals surface area contributed by atoms with E-state index in [0.717, 1.165) is 38.0 Å². The van der Waals surface area contributed by atoms with Crippen LogP contribution in [0.5, 0.6) is 0 Å². The molecule has 0 spiro atoms. The first kappa shape index (κ1) is 23.9. The zero-order valence-corrected chi connectivity index (χ0v) is 19.9. The van der Waals surface area contributed by atoms with Gasteiger partial charge in [-0.05, 0) is 53.8 Å². The molecule has 3 amide bonds. The minimum absolute atomic E-state index is 0.118. The fourth-order valence-electron chi connectivity index (χ4n) is 3.57. The van der Waals surface area contributed by atoms with Crippen LogP contribution in [0.15, 0.2) is 66.2 Å². The summed E-state index contributed by atoms with van der Waals surface area (Å²) >= 11 is 1.51. The summed E-state index contributed by atoms with van der Waals surface area (Å²) in [5.41, 5.74) is 11.3. The van der Waals surface area contributed by atoms with Gasteiger partial charge < -0.3 is 26.8 Å². The lowest BCUT2D eigenvalue weighted by molar-refractivity contribution is -0.116. The molecule has 0 saturated heterocycles. The third kappa shape index (κ3) is 5.84. The third-order valence-electron chi connectivity index (χ3n) is 5.21. The van der Waals surface area contributed by atoms with Crippen molar-refractivity contribution in [3.63, 3.8) is 0 Å². The van der Waals surface area contributed by atoms with Gasteiger partial charge in [-0.3, -0.25) is 4.79 Å². The number of carbonyl (C=O) groups excluding carboxylic acids is 2. The normalized spacial score (nSPS) is 11.0. The first-order valence-corrected chi connectivity index (χ1v) is 11.8. The Labute approximate surface area is 206 Å². The zero-order chi connectivity index (χ0) is 24.8. The first-order chi connectivity index (χ1) is 16.9. The molecule has 0 atom stereocenters. The molecule has 0 fully saturated rings. The first-order valence-electron chi connectivity index (χ1n) is 10.9. The molecule has 35 heavy (non-hydrogen) atoms. The molecule has 4 rings (SSSR count). The van der Waals surface area contributed by atoms with Gasteiger partial charge in [0, 0.05) is 51.4 Å². The molecule has 0 aliphatic rings. The number of fused-ring (bicyclic) bond motifs is 1. The Hall–Kier alpha value is -4.21. The SMILES string of the molecule is Cc1cccc(NC(=O)Nc2ccc(-c3csc4c(/C=C/C(=O)NCCO)cnc(N)c34)cc2)c1. The van der Waals surface area contributed by atoms with Gasteiger partial charge in [0.15, 0.2) is 0 Å². The lowest BCUT2D eigenvalue weighted by Crippen LogP contribution is -2.24. The highest BCUT2D eigenvalue weighted by molar-refractivity contribution is 7.18. The van der Waals surface area contributed by atoms with Crippen LogP contribution in [0.4, 0.5) is 22.0 Å². The number of aliphatic hydroxyl groups excluding tert-OH is 1. The van der Waals surface area contributed by atoms with Crippen LogP contribution in [0.3, 0.4) is 0 Å². The Morgan fingerprint density at radius 3 is 2.63 bits per heavy atom. The second kappa shape index (κ2) is 10.8. The number of hydrogen-bond acceptors (Lipinski definition) is 6. The maximum atomic E-state index is 12.3. The smallest absolute Gasteiger partial charge is 0.323 e. The molecular formula is C26H25N5O3S. The number of amides is 3. The summed E-state index contributed by atoms with van der Waals surface area (Å²) < 4.78 is 0.915. The molecule has 4 aromatic rings. The van der Waals surface area contributed by atoms with Gasteiger partial charge in [-0.25, -0.2) is 9.78 Å². The minimum atomic E-state index is -0.322. The van der Waals surface area contributed by atoms with Crippen molar-refractivity contribution in [3.8, 4) is 11.1 Å². The molecular weight excluding hydrogens is 462 g/mol. The van der Waals surface area contributed by atoms with Crippen LogP contribution in [0.2, 0.25) is 0 Å². The van der Waals surface area contributed by atoms with E-state index in [9.17, 15) is 9.59 Å². The van der Waals surface area contributed by atoms with Crippen molar-refractivity contribution in [2.45, 2.75) is 6.92 Å². The molecule has 0 aliphatic heterocycles. The average Bonchev–Trinajstić information content (AvgIpc) is 3.29. The molecule has 0 aliphatic carbocycles. The van der Waals surface area contributed by atoms with E-state index in [-0.39, 0.29) is 25.1 Å². The van der Waals surface area contributed by atoms with Crippen molar-refractivity contribution in [2.75, 3.05) is 29.5 Å². The van der Waals surface area contributed by atoms with E-state index in [0.29, 0.717) is 11.5 Å². The van der Waals surface area contributed by atoms with Crippen molar-refractivity contribution in [2.24, 2.45) is 0 Å². The van der Waals surface area contributed by atoms with Crippen LogP contribution in [0.25, 0.3) is 27.3 Å². The molecule has 8 nitrogen and oxygen atoms in total. The van der Waals surface area contributed by atoms with Gasteiger partial charge >= 0.3 is 6.03 Å². The van der Waals surface area contributed by atoms with Crippen LogP contribution in [-0.4, -0.2) is 35.2 Å². The molecule has 0 bridgehead atoms. The maximum Gasteiger partial charge on any atom is 0.323 e. The van der Waals surface area contributed by atoms with E-state index in [1.54, 1.807) is 12.3 Å². The number of anilines is 3. The highest BCUT2D eigenvalue weighted by atomic mass is 32.1. The number of aryl methyl sites for hydroxylation is 1. The number of nitrogens with zero attached hydrogens (tertiary/aromatic N) is 1. The molecule has 2 heterocycles. The lowest BCUT2D eigenvalue weighted by atomic mass is 10.0. The monoisotopic (exact) mass is 487 g/mol. The summed E-state index contributed by atoms with van der Waals surface area (Å²) in [4.78, 5) is 28.5. The van der Waals surface area contributed by atoms with Crippen molar-refractivity contribution in [1.29, 1.82) is 0 Å². The maximum absolute atomic E-state index is 12.3. The quantitative estimate of drug-likeness (QED) is 0.243. The summed E-state index contributed by atoms with van der Waals surface area (Å²) in [7, 11) is 0. The fourth-order valence-corrected chi connectivity index (χ4v) is 4.65. The standard InChI is InChI=1S/C26H25N5O3S/c1-16-3-2-4-20(13-16)31-26(34)30-19-8-5-17(6-9-19)21-15-35-24-18(14-29-25(27)23(21)24)7-10-22(33)28-11-12-32/h2-10,13-15,32H,11-12H2,1H3,(H2,27,29)(H,28,33)(H2,30,31,34)/b10-7+. The second-order valence-corrected chi connectivity index (χ2v) is 8.71. The van der Waals surface area contributed by atoms with Crippen molar-refractivity contribution < 1.29 is 14.7 Å². The second-order valence-electron chi connectivity index (χ2n) is 7.83. The van der Waals surface area contributed by atoms with Gasteiger partial charge in [0.25, 0.3) is 0 Å². The van der Waals surface area contributed by atoms with E-state index in [2.05, 4.69) is 20.9 Å².